The van der Waals surface area contributed by atoms with E-state index in [1.807, 2.05) is 36.4 Å². The molecule has 1 aliphatic heterocycles. The molecular weight excluding hydrogens is 478 g/mol. The Bertz CT molecular complexity index is 1600. The summed E-state index contributed by atoms with van der Waals surface area (Å²) in [5.74, 6) is 0.560. The number of H-pyrrole nitrogens is 1. The third kappa shape index (κ3) is 3.91. The van der Waals surface area contributed by atoms with E-state index < -0.39 is 0 Å². The van der Waals surface area contributed by atoms with Crippen LogP contribution in [0.3, 0.4) is 0 Å². The first-order valence-electron chi connectivity index (χ1n) is 11.1. The third-order valence-electron chi connectivity index (χ3n) is 5.88. The topological polar surface area (TPSA) is 116 Å². The van der Waals surface area contributed by atoms with Gasteiger partial charge in [-0.3, -0.25) is 19.6 Å². The maximum atomic E-state index is 12.7. The zero-order valence-electron chi connectivity index (χ0n) is 18.7. The fourth-order valence-electron chi connectivity index (χ4n) is 4.14. The molecule has 0 unspecified atom stereocenters. The zero-order chi connectivity index (χ0) is 24.6. The molecule has 0 saturated carbocycles. The molecule has 0 atom stereocenters. The predicted molar refractivity (Wildman–Crippen MR) is 137 cm³/mol. The van der Waals surface area contributed by atoms with Crippen molar-refractivity contribution in [2.45, 2.75) is 6.54 Å². The predicted octanol–water partition coefficient (Wildman–Crippen LogP) is 5.29. The monoisotopic (exact) mass is 495 g/mol. The van der Waals surface area contributed by atoms with Crippen LogP contribution >= 0.6 is 11.6 Å². The molecule has 6 rings (SSSR count). The van der Waals surface area contributed by atoms with Crippen LogP contribution in [0.2, 0.25) is 5.02 Å². The molecule has 10 heteroatoms. The number of hydrogen-bond acceptors (Lipinski definition) is 7. The summed E-state index contributed by atoms with van der Waals surface area (Å²) < 4.78 is 0. The Balaban J connectivity index is 1.22. The van der Waals surface area contributed by atoms with Gasteiger partial charge in [-0.15, -0.1) is 0 Å². The maximum absolute atomic E-state index is 12.7. The Hall–Kier alpha value is -4.76. The molecule has 0 radical (unpaired) electrons. The van der Waals surface area contributed by atoms with Crippen molar-refractivity contribution in [3.8, 4) is 0 Å². The second kappa shape index (κ2) is 8.79. The summed E-state index contributed by atoms with van der Waals surface area (Å²) in [5, 5.41) is 15.1. The molecule has 3 aromatic carbocycles. The Morgan fingerprint density at radius 1 is 0.806 bits per heavy atom. The number of carbonyl (C=O) groups excluding carboxylic acids is 2. The number of amides is 2. The van der Waals surface area contributed by atoms with E-state index in [0.29, 0.717) is 38.8 Å². The van der Waals surface area contributed by atoms with Crippen molar-refractivity contribution >= 4 is 57.5 Å². The van der Waals surface area contributed by atoms with Crippen molar-refractivity contribution < 1.29 is 9.59 Å². The Kier molecular flexibility index (Phi) is 5.31. The summed E-state index contributed by atoms with van der Waals surface area (Å²) in [5.41, 5.74) is 3.83. The minimum Gasteiger partial charge on any atom is -0.339 e. The SMILES string of the molecule is O=C1c2ccccc2C(=O)N1Cc1ccc(Nc2n[nH]c3ncnc(Nc4cccc(Cl)c4)c23)cc1. The second-order valence-corrected chi connectivity index (χ2v) is 8.65. The molecule has 3 N–H and O–H groups in total. The lowest BCUT2D eigenvalue weighted by molar-refractivity contribution is 0.0642. The van der Waals surface area contributed by atoms with E-state index >= 15 is 0 Å². The highest BCUT2D eigenvalue weighted by atomic mass is 35.5. The van der Waals surface area contributed by atoms with E-state index in [4.69, 9.17) is 11.6 Å². The molecule has 176 valence electrons. The first-order chi connectivity index (χ1) is 17.6. The molecule has 0 spiro atoms. The van der Waals surface area contributed by atoms with Gasteiger partial charge in [0.25, 0.3) is 11.8 Å². The highest BCUT2D eigenvalue weighted by Gasteiger charge is 2.34. The van der Waals surface area contributed by atoms with E-state index in [-0.39, 0.29) is 18.4 Å². The highest BCUT2D eigenvalue weighted by Crippen LogP contribution is 2.31. The van der Waals surface area contributed by atoms with E-state index in [1.54, 1.807) is 36.4 Å². The van der Waals surface area contributed by atoms with Gasteiger partial charge in [-0.2, -0.15) is 5.10 Å². The molecule has 0 fully saturated rings. The largest absolute Gasteiger partial charge is 0.339 e. The van der Waals surface area contributed by atoms with Crippen molar-refractivity contribution in [2.75, 3.05) is 10.6 Å². The number of aromatic amines is 1. The molecule has 1 aliphatic rings. The zero-order valence-corrected chi connectivity index (χ0v) is 19.5. The molecule has 9 nitrogen and oxygen atoms in total. The number of carbonyl (C=O) groups is 2. The highest BCUT2D eigenvalue weighted by molar-refractivity contribution is 6.30. The van der Waals surface area contributed by atoms with Gasteiger partial charge in [0.15, 0.2) is 11.5 Å². The third-order valence-corrected chi connectivity index (χ3v) is 6.12. The fraction of sp³-hybridized carbons (Fsp3) is 0.0385. The fourth-order valence-corrected chi connectivity index (χ4v) is 4.33. The number of rotatable bonds is 6. The average Bonchev–Trinajstić information content (AvgIpc) is 3.40. The number of imide groups is 1. The number of halogens is 1. The van der Waals surface area contributed by atoms with Gasteiger partial charge in [-0.1, -0.05) is 41.9 Å². The van der Waals surface area contributed by atoms with Crippen LogP contribution in [0, 0.1) is 0 Å². The van der Waals surface area contributed by atoms with Crippen LogP contribution < -0.4 is 10.6 Å². The number of hydrogen-bond donors (Lipinski definition) is 3. The first-order valence-corrected chi connectivity index (χ1v) is 11.5. The number of nitrogens with one attached hydrogen (secondary N) is 3. The summed E-state index contributed by atoms with van der Waals surface area (Å²) in [6, 6.07) is 21.7. The van der Waals surface area contributed by atoms with Crippen molar-refractivity contribution in [3.63, 3.8) is 0 Å². The second-order valence-electron chi connectivity index (χ2n) is 8.22. The molecule has 0 saturated heterocycles. The quantitative estimate of drug-likeness (QED) is 0.274. The van der Waals surface area contributed by atoms with Gasteiger partial charge in [0, 0.05) is 16.4 Å². The van der Waals surface area contributed by atoms with Crippen molar-refractivity contribution in [2.24, 2.45) is 0 Å². The minimum absolute atomic E-state index is 0.194. The number of aromatic nitrogens is 4. The number of benzene rings is 3. The van der Waals surface area contributed by atoms with Gasteiger partial charge in [0.05, 0.1) is 17.7 Å². The lowest BCUT2D eigenvalue weighted by Crippen LogP contribution is -2.29. The van der Waals surface area contributed by atoms with Crippen molar-refractivity contribution in [1.29, 1.82) is 0 Å². The van der Waals surface area contributed by atoms with Gasteiger partial charge in [0.1, 0.15) is 17.5 Å². The van der Waals surface area contributed by atoms with Crippen LogP contribution in [0.5, 0.6) is 0 Å². The smallest absolute Gasteiger partial charge is 0.261 e. The summed E-state index contributed by atoms with van der Waals surface area (Å²) in [6.45, 7) is 0.194. The molecule has 2 amide bonds. The first kappa shape index (κ1) is 21.8. The average molecular weight is 496 g/mol. The van der Waals surface area contributed by atoms with E-state index in [0.717, 1.165) is 16.9 Å². The van der Waals surface area contributed by atoms with Crippen LogP contribution in [0.4, 0.5) is 23.0 Å². The maximum Gasteiger partial charge on any atom is 0.261 e. The van der Waals surface area contributed by atoms with Gasteiger partial charge < -0.3 is 10.6 Å². The minimum atomic E-state index is -0.277. The van der Waals surface area contributed by atoms with E-state index in [1.165, 1.54) is 11.2 Å². The van der Waals surface area contributed by atoms with Gasteiger partial charge in [-0.05, 0) is 48.0 Å². The Morgan fingerprint density at radius 3 is 2.25 bits per heavy atom. The van der Waals surface area contributed by atoms with Crippen molar-refractivity contribution in [3.05, 3.63) is 101 Å². The standard InChI is InChI=1S/C26H18ClN7O2/c27-16-4-3-5-18(12-16)31-22-21-23(29-14-28-22)32-33-24(21)30-17-10-8-15(9-11-17)13-34-25(35)19-6-1-2-7-20(19)26(34)36/h1-12,14H,13H2,(H3,28,29,30,31,32,33). The lowest BCUT2D eigenvalue weighted by Gasteiger charge is -2.14. The van der Waals surface area contributed by atoms with Crippen LogP contribution in [0.1, 0.15) is 26.3 Å². The molecular formula is C26H18ClN7O2. The van der Waals surface area contributed by atoms with Gasteiger partial charge in [0.2, 0.25) is 0 Å². The molecule has 0 aliphatic carbocycles. The van der Waals surface area contributed by atoms with Gasteiger partial charge in [-0.25, -0.2) is 9.97 Å². The van der Waals surface area contributed by atoms with Crippen LogP contribution in [0.25, 0.3) is 11.0 Å². The number of nitrogens with zero attached hydrogens (tertiary/aromatic N) is 4. The summed E-state index contributed by atoms with van der Waals surface area (Å²) in [4.78, 5) is 35.2. The van der Waals surface area contributed by atoms with E-state index in [2.05, 4.69) is 30.8 Å². The molecule has 36 heavy (non-hydrogen) atoms. The summed E-state index contributed by atoms with van der Waals surface area (Å²) in [7, 11) is 0. The molecule has 3 heterocycles. The van der Waals surface area contributed by atoms with Gasteiger partial charge >= 0.3 is 0 Å². The summed E-state index contributed by atoms with van der Waals surface area (Å²) >= 11 is 6.11. The number of anilines is 4. The molecule has 0 bridgehead atoms. The van der Waals surface area contributed by atoms with E-state index in [9.17, 15) is 9.59 Å². The van der Waals surface area contributed by atoms with Crippen LogP contribution in [0.15, 0.2) is 79.1 Å². The normalized spacial score (nSPS) is 12.8. The Labute approximate surface area is 210 Å². The molecule has 5 aromatic rings. The summed E-state index contributed by atoms with van der Waals surface area (Å²) in [6.07, 6.45) is 1.45. The number of fused-ring (bicyclic) bond motifs is 2. The Morgan fingerprint density at radius 2 is 1.53 bits per heavy atom. The van der Waals surface area contributed by atoms with Crippen LogP contribution in [-0.4, -0.2) is 36.9 Å². The molecule has 2 aromatic heterocycles. The van der Waals surface area contributed by atoms with Crippen LogP contribution in [-0.2, 0) is 6.54 Å². The lowest BCUT2D eigenvalue weighted by atomic mass is 10.1. The van der Waals surface area contributed by atoms with Crippen molar-refractivity contribution in [1.82, 2.24) is 25.1 Å².